The second-order valence-electron chi connectivity index (χ2n) is 11.5. The van der Waals surface area contributed by atoms with Crippen molar-refractivity contribution in [3.05, 3.63) is 35.9 Å². The largest absolute Gasteiger partial charge is 1.00 e. The molecule has 1 aromatic rings. The summed E-state index contributed by atoms with van der Waals surface area (Å²) >= 11 is 0. The van der Waals surface area contributed by atoms with Gasteiger partial charge in [0.15, 0.2) is 6.29 Å². The molecule has 0 N–H and O–H groups in total. The Bertz CT molecular complexity index is 710. The fourth-order valence-electron chi connectivity index (χ4n) is 5.57. The Morgan fingerprint density at radius 3 is 2.08 bits per heavy atom. The average molecular weight is 569 g/mol. The minimum Gasteiger partial charge on any atom is -0.550 e. The molecule has 1 heterocycles. The smallest absolute Gasteiger partial charge is 0.550 e. The van der Waals surface area contributed by atoms with Gasteiger partial charge in [-0.3, -0.25) is 0 Å². The van der Waals surface area contributed by atoms with Gasteiger partial charge in [0.25, 0.3) is 0 Å². The fraction of sp³-hybridized carbons (Fsp3) is 0.794. The predicted octanol–water partition coefficient (Wildman–Crippen LogP) is 5.14. The van der Waals surface area contributed by atoms with Gasteiger partial charge in [0.2, 0.25) is 0 Å². The van der Waals surface area contributed by atoms with Crippen LogP contribution in [-0.2, 0) is 25.6 Å². The van der Waals surface area contributed by atoms with E-state index < -0.39 is 18.0 Å². The molecule has 1 saturated heterocycles. The van der Waals surface area contributed by atoms with Crippen molar-refractivity contribution < 1.29 is 53.7 Å². The van der Waals surface area contributed by atoms with E-state index in [1.54, 1.807) is 0 Å². The number of carbonyl (C=O) groups is 1. The van der Waals surface area contributed by atoms with E-state index in [9.17, 15) is 9.90 Å². The molecule has 40 heavy (non-hydrogen) atoms. The van der Waals surface area contributed by atoms with Gasteiger partial charge in [-0.2, -0.15) is 0 Å². The molecule has 1 fully saturated rings. The zero-order valence-corrected chi connectivity index (χ0v) is 28.1. The third-order valence-corrected chi connectivity index (χ3v) is 8.04. The molecule has 0 radical (unpaired) electrons. The van der Waals surface area contributed by atoms with Gasteiger partial charge in [-0.25, -0.2) is 0 Å². The molecule has 6 heteroatoms. The minimum atomic E-state index is -1.00. The number of hydrogen-bond donors (Lipinski definition) is 0. The van der Waals surface area contributed by atoms with Gasteiger partial charge in [0.05, 0.1) is 18.8 Å². The van der Waals surface area contributed by atoms with Gasteiger partial charge >= 0.3 is 29.6 Å². The first kappa shape index (κ1) is 37.6. The van der Waals surface area contributed by atoms with Crippen LogP contribution in [0.4, 0.5) is 0 Å². The van der Waals surface area contributed by atoms with Gasteiger partial charge < -0.3 is 24.1 Å². The van der Waals surface area contributed by atoms with E-state index in [-0.39, 0.29) is 42.0 Å². The van der Waals surface area contributed by atoms with Crippen molar-refractivity contribution >= 4 is 5.97 Å². The first-order chi connectivity index (χ1) is 19.1. The second-order valence-corrected chi connectivity index (χ2v) is 11.5. The van der Waals surface area contributed by atoms with E-state index in [2.05, 4.69) is 26.0 Å². The fourth-order valence-corrected chi connectivity index (χ4v) is 5.57. The Morgan fingerprint density at radius 1 is 0.875 bits per heavy atom. The first-order valence-corrected chi connectivity index (χ1v) is 16.3. The molecule has 0 bridgehead atoms. The summed E-state index contributed by atoms with van der Waals surface area (Å²) in [5.74, 6) is -1.64. The molecular weight excluding hydrogens is 511 g/mol. The van der Waals surface area contributed by atoms with E-state index in [0.29, 0.717) is 26.1 Å². The summed E-state index contributed by atoms with van der Waals surface area (Å²) in [5, 5.41) is 12.4. The van der Waals surface area contributed by atoms with Gasteiger partial charge in [-0.1, -0.05) is 128 Å². The molecule has 0 saturated carbocycles. The Morgan fingerprint density at radius 2 is 1.48 bits per heavy atom. The maximum atomic E-state index is 12.4. The molecule has 0 aromatic heterocycles. The molecule has 0 amide bonds. The Labute approximate surface area is 267 Å². The third kappa shape index (κ3) is 17.5. The van der Waals surface area contributed by atoms with Gasteiger partial charge in [0, 0.05) is 24.9 Å². The zero-order chi connectivity index (χ0) is 28.0. The first-order valence-electron chi connectivity index (χ1n) is 16.3. The number of benzene rings is 1. The van der Waals surface area contributed by atoms with Crippen LogP contribution < -0.4 is 34.7 Å². The zero-order valence-electron chi connectivity index (χ0n) is 26.1. The molecule has 224 valence electrons. The van der Waals surface area contributed by atoms with E-state index in [1.807, 2.05) is 18.2 Å². The standard InChI is InChI=1S/C34H58O5.Na/c1-3-5-7-9-10-11-12-13-17-23-30(38-28-29-21-15-14-16-22-29)27-32(39-33-25-19-20-26-37-33)31(34(35)36)24-18-8-6-4-2;/h14-16,21-22,30-33H,3-13,17-20,23-28H2,1-2H3,(H,35,36);/q;+1/p-1/t30-,31+,32+,33?;/m1./s1. The summed E-state index contributed by atoms with van der Waals surface area (Å²) in [6, 6.07) is 10.2. The molecule has 1 aliphatic heterocycles. The van der Waals surface area contributed by atoms with Crippen LogP contribution in [0.2, 0.25) is 0 Å². The van der Waals surface area contributed by atoms with Crippen molar-refractivity contribution in [2.24, 2.45) is 5.92 Å². The number of aliphatic carboxylic acids is 1. The molecule has 0 aliphatic carbocycles. The second kappa shape index (κ2) is 25.1. The van der Waals surface area contributed by atoms with Crippen LogP contribution in [0.25, 0.3) is 0 Å². The van der Waals surface area contributed by atoms with Crippen molar-refractivity contribution in [2.45, 2.75) is 161 Å². The van der Waals surface area contributed by atoms with Crippen LogP contribution in [-0.4, -0.2) is 31.1 Å². The van der Waals surface area contributed by atoms with Crippen molar-refractivity contribution in [1.29, 1.82) is 0 Å². The number of carbonyl (C=O) groups excluding carboxylic acids is 1. The normalized spacial score (nSPS) is 17.6. The van der Waals surface area contributed by atoms with Crippen LogP contribution in [0, 0.1) is 5.92 Å². The van der Waals surface area contributed by atoms with E-state index in [0.717, 1.165) is 63.4 Å². The summed E-state index contributed by atoms with van der Waals surface area (Å²) in [6.07, 6.45) is 19.8. The van der Waals surface area contributed by atoms with Crippen molar-refractivity contribution in [1.82, 2.24) is 0 Å². The molecule has 0 spiro atoms. The van der Waals surface area contributed by atoms with Crippen LogP contribution >= 0.6 is 0 Å². The predicted molar refractivity (Wildman–Crippen MR) is 157 cm³/mol. The van der Waals surface area contributed by atoms with Crippen LogP contribution in [0.15, 0.2) is 30.3 Å². The molecule has 1 unspecified atom stereocenters. The van der Waals surface area contributed by atoms with Gasteiger partial charge in [-0.15, -0.1) is 0 Å². The van der Waals surface area contributed by atoms with E-state index in [1.165, 1.54) is 51.4 Å². The molecule has 2 rings (SSSR count). The molecule has 4 atom stereocenters. The van der Waals surface area contributed by atoms with Crippen LogP contribution in [0.3, 0.4) is 0 Å². The average Bonchev–Trinajstić information content (AvgIpc) is 2.95. The summed E-state index contributed by atoms with van der Waals surface area (Å²) < 4.78 is 18.8. The summed E-state index contributed by atoms with van der Waals surface area (Å²) in [6.45, 7) is 5.64. The van der Waals surface area contributed by atoms with Gasteiger partial charge in [-0.05, 0) is 37.7 Å². The molecule has 1 aromatic carbocycles. The summed E-state index contributed by atoms with van der Waals surface area (Å²) in [5.41, 5.74) is 1.14. The van der Waals surface area contributed by atoms with Crippen molar-refractivity contribution in [3.63, 3.8) is 0 Å². The van der Waals surface area contributed by atoms with Crippen LogP contribution in [0.1, 0.15) is 141 Å². The quantitative estimate of drug-likeness (QED) is 0.128. The molecule has 1 aliphatic rings. The number of carboxylic acid groups (broad SMARTS) is 1. The molecule has 5 nitrogen and oxygen atoms in total. The van der Waals surface area contributed by atoms with Crippen molar-refractivity contribution in [2.75, 3.05) is 6.61 Å². The molecular formula is C34H57NaO5. The Hall–Kier alpha value is -0.430. The maximum Gasteiger partial charge on any atom is 1.00 e. The summed E-state index contributed by atoms with van der Waals surface area (Å²) in [7, 11) is 0. The van der Waals surface area contributed by atoms with E-state index in [4.69, 9.17) is 14.2 Å². The van der Waals surface area contributed by atoms with Gasteiger partial charge in [0.1, 0.15) is 0 Å². The number of rotatable bonds is 24. The van der Waals surface area contributed by atoms with Crippen LogP contribution in [0.5, 0.6) is 0 Å². The van der Waals surface area contributed by atoms with Crippen molar-refractivity contribution in [3.8, 4) is 0 Å². The Balaban J connectivity index is 0.00000800. The number of ether oxygens (including phenoxy) is 3. The maximum absolute atomic E-state index is 12.4. The minimum absolute atomic E-state index is 0. The summed E-state index contributed by atoms with van der Waals surface area (Å²) in [4.78, 5) is 12.4. The Kier molecular flexibility index (Phi) is 23.6. The number of hydrogen-bond acceptors (Lipinski definition) is 5. The number of carboxylic acids is 1. The SMILES string of the molecule is CCCCCCCCCCC[C@H](C[C@H](OC1CCCCO1)[C@H](CCCCCC)C(=O)[O-])OCc1ccccc1.[Na+]. The topological polar surface area (TPSA) is 67.8 Å². The number of unbranched alkanes of at least 4 members (excludes halogenated alkanes) is 11. The van der Waals surface area contributed by atoms with E-state index >= 15 is 0 Å². The monoisotopic (exact) mass is 568 g/mol. The third-order valence-electron chi connectivity index (χ3n) is 8.04.